The van der Waals surface area contributed by atoms with Gasteiger partial charge in [0.15, 0.2) is 0 Å². The van der Waals surface area contributed by atoms with Gasteiger partial charge in [0.1, 0.15) is 10.7 Å². The first-order chi connectivity index (χ1) is 9.06. The van der Waals surface area contributed by atoms with Gasteiger partial charge in [-0.25, -0.2) is 0 Å². The Kier molecular flexibility index (Phi) is 4.02. The third-order valence-corrected chi connectivity index (χ3v) is 3.39. The molecule has 0 heterocycles. The molecule has 1 aromatic carbocycles. The molecule has 0 fully saturated rings. The lowest BCUT2D eigenvalue weighted by Gasteiger charge is -2.20. The van der Waals surface area contributed by atoms with E-state index in [9.17, 15) is 9.59 Å². The lowest BCUT2D eigenvalue weighted by molar-refractivity contribution is 0.0961. The average Bonchev–Trinajstić information content (AvgIpc) is 2.44. The SMILES string of the molecule is CO[C@@H](C)CNC1=C(Cl)C(=O)c2ccccc2C1=O. The number of carbonyl (C=O) groups excluding carboxylic acids is 2. The summed E-state index contributed by atoms with van der Waals surface area (Å²) < 4.78 is 5.08. The van der Waals surface area contributed by atoms with E-state index in [-0.39, 0.29) is 28.4 Å². The van der Waals surface area contributed by atoms with Crippen molar-refractivity contribution in [1.82, 2.24) is 5.32 Å². The van der Waals surface area contributed by atoms with Crippen molar-refractivity contribution in [2.45, 2.75) is 13.0 Å². The fourth-order valence-electron chi connectivity index (χ4n) is 1.83. The molecule has 0 spiro atoms. The van der Waals surface area contributed by atoms with Crippen LogP contribution in [0.15, 0.2) is 35.0 Å². The summed E-state index contributed by atoms with van der Waals surface area (Å²) in [5.74, 6) is -0.590. The first kappa shape index (κ1) is 13.8. The molecule has 1 aliphatic carbocycles. The fourth-order valence-corrected chi connectivity index (χ4v) is 2.09. The second-order valence-electron chi connectivity index (χ2n) is 4.32. The Hall–Kier alpha value is -1.65. The summed E-state index contributed by atoms with van der Waals surface area (Å²) in [5, 5.41) is 2.83. The molecule has 1 atom stereocenters. The van der Waals surface area contributed by atoms with Crippen LogP contribution in [0.3, 0.4) is 0 Å². The number of halogens is 1. The first-order valence-corrected chi connectivity index (χ1v) is 6.29. The number of nitrogens with one attached hydrogen (secondary N) is 1. The number of methoxy groups -OCH3 is 1. The maximum absolute atomic E-state index is 12.3. The normalized spacial score (nSPS) is 16.4. The molecule has 0 saturated carbocycles. The standard InChI is InChI=1S/C14H14ClNO3/c1-8(19-2)7-16-12-11(15)13(17)9-5-3-4-6-10(9)14(12)18/h3-6,8,16H,7H2,1-2H3/t8-/m0/s1. The molecule has 0 bridgehead atoms. The van der Waals surface area contributed by atoms with Crippen LogP contribution in [0.1, 0.15) is 27.6 Å². The van der Waals surface area contributed by atoms with Crippen molar-refractivity contribution in [3.8, 4) is 0 Å². The van der Waals surface area contributed by atoms with Gasteiger partial charge in [0, 0.05) is 24.8 Å². The number of hydrogen-bond donors (Lipinski definition) is 1. The summed E-state index contributed by atoms with van der Waals surface area (Å²) in [6, 6.07) is 6.66. The summed E-state index contributed by atoms with van der Waals surface area (Å²) in [6.07, 6.45) is -0.0861. The van der Waals surface area contributed by atoms with Gasteiger partial charge in [-0.3, -0.25) is 9.59 Å². The van der Waals surface area contributed by atoms with Crippen LogP contribution >= 0.6 is 11.6 Å². The van der Waals surface area contributed by atoms with Crippen LogP contribution in [0.2, 0.25) is 0 Å². The van der Waals surface area contributed by atoms with E-state index < -0.39 is 0 Å². The van der Waals surface area contributed by atoms with Crippen LogP contribution in [-0.2, 0) is 4.74 Å². The minimum Gasteiger partial charge on any atom is -0.380 e. The maximum Gasteiger partial charge on any atom is 0.211 e. The molecule has 0 aliphatic heterocycles. The highest BCUT2D eigenvalue weighted by molar-refractivity contribution is 6.49. The molecule has 0 saturated heterocycles. The minimum atomic E-state index is -0.329. The number of rotatable bonds is 4. The Morgan fingerprint density at radius 1 is 1.21 bits per heavy atom. The smallest absolute Gasteiger partial charge is 0.211 e. The molecule has 4 nitrogen and oxygen atoms in total. The monoisotopic (exact) mass is 279 g/mol. The van der Waals surface area contributed by atoms with Crippen LogP contribution in [0.5, 0.6) is 0 Å². The molecule has 1 N–H and O–H groups in total. The van der Waals surface area contributed by atoms with Crippen LogP contribution in [0, 0.1) is 0 Å². The molecule has 19 heavy (non-hydrogen) atoms. The first-order valence-electron chi connectivity index (χ1n) is 5.91. The van der Waals surface area contributed by atoms with E-state index in [0.29, 0.717) is 17.7 Å². The number of benzene rings is 1. The topological polar surface area (TPSA) is 55.4 Å². The lowest BCUT2D eigenvalue weighted by Crippen LogP contribution is -2.33. The predicted octanol–water partition coefficient (Wildman–Crippen LogP) is 2.14. The molecule has 5 heteroatoms. The Morgan fingerprint density at radius 3 is 2.37 bits per heavy atom. The van der Waals surface area contributed by atoms with Gasteiger partial charge in [0.25, 0.3) is 0 Å². The number of Topliss-reactive ketones (excluding diaryl/α,β-unsaturated/α-hetero) is 2. The zero-order chi connectivity index (χ0) is 14.0. The van der Waals surface area contributed by atoms with Gasteiger partial charge in [-0.2, -0.15) is 0 Å². The molecular weight excluding hydrogens is 266 g/mol. The Bertz CT molecular complexity index is 566. The molecule has 0 amide bonds. The number of ether oxygens (including phenoxy) is 1. The minimum absolute atomic E-state index is 0.0630. The van der Waals surface area contributed by atoms with E-state index in [2.05, 4.69) is 5.32 Å². The van der Waals surface area contributed by atoms with E-state index in [0.717, 1.165) is 0 Å². The van der Waals surface area contributed by atoms with Crippen molar-refractivity contribution < 1.29 is 14.3 Å². The van der Waals surface area contributed by atoms with E-state index >= 15 is 0 Å². The summed E-state index contributed by atoms with van der Waals surface area (Å²) in [4.78, 5) is 24.3. The van der Waals surface area contributed by atoms with Crippen molar-refractivity contribution >= 4 is 23.2 Å². The zero-order valence-electron chi connectivity index (χ0n) is 10.7. The van der Waals surface area contributed by atoms with Gasteiger partial charge in [0.05, 0.1) is 6.10 Å². The Labute approximate surface area is 116 Å². The molecule has 1 aromatic rings. The molecular formula is C14H14ClNO3. The largest absolute Gasteiger partial charge is 0.380 e. The quantitative estimate of drug-likeness (QED) is 0.917. The van der Waals surface area contributed by atoms with Crippen molar-refractivity contribution in [1.29, 1.82) is 0 Å². The van der Waals surface area contributed by atoms with E-state index in [1.165, 1.54) is 0 Å². The molecule has 0 radical (unpaired) electrons. The molecule has 100 valence electrons. The molecule has 2 rings (SSSR count). The zero-order valence-corrected chi connectivity index (χ0v) is 11.5. The fraction of sp³-hybridized carbons (Fsp3) is 0.286. The summed E-state index contributed by atoms with van der Waals surface area (Å²) >= 11 is 5.99. The van der Waals surface area contributed by atoms with Crippen molar-refractivity contribution in [3.63, 3.8) is 0 Å². The second kappa shape index (κ2) is 5.55. The van der Waals surface area contributed by atoms with Crippen molar-refractivity contribution in [3.05, 3.63) is 46.1 Å². The van der Waals surface area contributed by atoms with E-state index in [4.69, 9.17) is 16.3 Å². The van der Waals surface area contributed by atoms with Gasteiger partial charge in [0.2, 0.25) is 11.6 Å². The highest BCUT2D eigenvalue weighted by Crippen LogP contribution is 2.27. The summed E-state index contributed by atoms with van der Waals surface area (Å²) in [6.45, 7) is 2.26. The molecule has 1 aliphatic rings. The Balaban J connectivity index is 2.32. The van der Waals surface area contributed by atoms with Gasteiger partial charge in [-0.1, -0.05) is 35.9 Å². The summed E-state index contributed by atoms with van der Waals surface area (Å²) in [7, 11) is 1.57. The highest BCUT2D eigenvalue weighted by atomic mass is 35.5. The van der Waals surface area contributed by atoms with Gasteiger partial charge >= 0.3 is 0 Å². The number of ketones is 2. The van der Waals surface area contributed by atoms with Crippen LogP contribution in [-0.4, -0.2) is 31.3 Å². The van der Waals surface area contributed by atoms with Crippen LogP contribution < -0.4 is 5.32 Å². The van der Waals surface area contributed by atoms with E-state index in [1.54, 1.807) is 31.4 Å². The third-order valence-electron chi connectivity index (χ3n) is 3.03. The van der Waals surface area contributed by atoms with Crippen LogP contribution in [0.25, 0.3) is 0 Å². The number of carbonyl (C=O) groups is 2. The van der Waals surface area contributed by atoms with Gasteiger partial charge < -0.3 is 10.1 Å². The highest BCUT2D eigenvalue weighted by Gasteiger charge is 2.31. The maximum atomic E-state index is 12.3. The number of allylic oxidation sites excluding steroid dienone is 2. The second-order valence-corrected chi connectivity index (χ2v) is 4.70. The Morgan fingerprint density at radius 2 is 1.79 bits per heavy atom. The summed E-state index contributed by atoms with van der Waals surface area (Å²) in [5.41, 5.74) is 0.876. The molecule has 0 unspecified atom stereocenters. The van der Waals surface area contributed by atoms with Gasteiger partial charge in [-0.15, -0.1) is 0 Å². The van der Waals surface area contributed by atoms with Crippen molar-refractivity contribution in [2.24, 2.45) is 0 Å². The van der Waals surface area contributed by atoms with E-state index in [1.807, 2.05) is 6.92 Å². The number of fused-ring (bicyclic) bond motifs is 1. The predicted molar refractivity (Wildman–Crippen MR) is 72.5 cm³/mol. The van der Waals surface area contributed by atoms with Crippen molar-refractivity contribution in [2.75, 3.05) is 13.7 Å². The third kappa shape index (κ3) is 2.55. The van der Waals surface area contributed by atoms with Crippen LogP contribution in [0.4, 0.5) is 0 Å². The lowest BCUT2D eigenvalue weighted by atomic mass is 9.92. The molecule has 0 aromatic heterocycles. The number of hydrogen-bond acceptors (Lipinski definition) is 4. The van der Waals surface area contributed by atoms with Gasteiger partial charge in [-0.05, 0) is 6.92 Å². The average molecular weight is 280 g/mol.